The summed E-state index contributed by atoms with van der Waals surface area (Å²) < 4.78 is 15.8. The van der Waals surface area contributed by atoms with Gasteiger partial charge in [0, 0.05) is 43.1 Å². The third-order valence-electron chi connectivity index (χ3n) is 5.76. The normalized spacial score (nSPS) is 20.3. The smallest absolute Gasteiger partial charge is 0.123 e. The lowest BCUT2D eigenvalue weighted by Gasteiger charge is -2.28. The fourth-order valence-electron chi connectivity index (χ4n) is 4.59. The molecule has 3 heteroatoms. The Morgan fingerprint density at radius 2 is 1.92 bits per heavy atom. The van der Waals surface area contributed by atoms with Crippen LogP contribution in [-0.4, -0.2) is 23.1 Å². The summed E-state index contributed by atoms with van der Waals surface area (Å²) in [5, 5.41) is 1.44. The maximum absolute atomic E-state index is 13.3. The number of para-hydroxylation sites is 1. The zero-order valence-corrected chi connectivity index (χ0v) is 13.9. The Bertz CT molecular complexity index is 923. The number of hydrogen-bond donors (Lipinski definition) is 0. The van der Waals surface area contributed by atoms with Gasteiger partial charge in [0.05, 0.1) is 5.52 Å². The number of nitrogens with zero attached hydrogens (tertiary/aromatic N) is 2. The van der Waals surface area contributed by atoms with E-state index < -0.39 is 0 Å². The lowest BCUT2D eigenvalue weighted by Crippen LogP contribution is -2.28. The summed E-state index contributed by atoms with van der Waals surface area (Å²) in [6.45, 7) is 3.18. The number of halogens is 1. The van der Waals surface area contributed by atoms with E-state index in [2.05, 4.69) is 34.7 Å². The zero-order valence-electron chi connectivity index (χ0n) is 13.9. The monoisotopic (exact) mass is 320 g/mol. The second-order valence-corrected chi connectivity index (χ2v) is 7.29. The van der Waals surface area contributed by atoms with Gasteiger partial charge in [0.25, 0.3) is 0 Å². The summed E-state index contributed by atoms with van der Waals surface area (Å²) in [5.74, 6) is 0.276. The van der Waals surface area contributed by atoms with Crippen molar-refractivity contribution < 1.29 is 4.39 Å². The van der Waals surface area contributed by atoms with E-state index in [1.54, 1.807) is 12.1 Å². The van der Waals surface area contributed by atoms with Crippen LogP contribution in [0.3, 0.4) is 0 Å². The summed E-state index contributed by atoms with van der Waals surface area (Å²) in [6.07, 6.45) is 2.16. The molecule has 3 aromatic rings. The Morgan fingerprint density at radius 3 is 2.75 bits per heavy atom. The minimum Gasteiger partial charge on any atom is -0.343 e. The number of hydrogen-bond acceptors (Lipinski definition) is 1. The van der Waals surface area contributed by atoms with E-state index in [0.717, 1.165) is 32.5 Å². The first kappa shape index (κ1) is 14.2. The molecule has 122 valence electrons. The van der Waals surface area contributed by atoms with Crippen molar-refractivity contribution in [3.05, 3.63) is 70.7 Å². The Balaban J connectivity index is 1.65. The number of rotatable bonds is 1. The predicted molar refractivity (Wildman–Crippen MR) is 94.8 cm³/mol. The Hall–Kier alpha value is -2.13. The average molecular weight is 320 g/mol. The van der Waals surface area contributed by atoms with Crippen LogP contribution >= 0.6 is 0 Å². The van der Waals surface area contributed by atoms with Crippen LogP contribution in [0, 0.1) is 5.82 Å². The van der Waals surface area contributed by atoms with E-state index in [-0.39, 0.29) is 5.82 Å². The third-order valence-corrected chi connectivity index (χ3v) is 5.76. The highest BCUT2D eigenvalue weighted by Crippen LogP contribution is 2.39. The van der Waals surface area contributed by atoms with E-state index in [1.807, 2.05) is 12.1 Å². The number of fused-ring (bicyclic) bond motifs is 3. The number of likely N-dealkylation sites (N-methyl/N-ethyl adjacent to an activating group) is 1. The minimum atomic E-state index is -0.154. The van der Waals surface area contributed by atoms with Crippen molar-refractivity contribution in [1.29, 1.82) is 0 Å². The largest absolute Gasteiger partial charge is 0.343 e. The lowest BCUT2D eigenvalue weighted by molar-refractivity contribution is 0.308. The Morgan fingerprint density at radius 1 is 1.08 bits per heavy atom. The number of benzene rings is 2. The molecule has 1 aromatic heterocycles. The summed E-state index contributed by atoms with van der Waals surface area (Å²) >= 11 is 0. The molecule has 2 nitrogen and oxygen atoms in total. The molecule has 2 aliphatic rings. The summed E-state index contributed by atoms with van der Waals surface area (Å²) in [6, 6.07) is 13.8. The van der Waals surface area contributed by atoms with E-state index in [4.69, 9.17) is 0 Å². The van der Waals surface area contributed by atoms with Gasteiger partial charge < -0.3 is 9.47 Å². The molecule has 0 saturated heterocycles. The first-order chi connectivity index (χ1) is 11.7. The first-order valence-electron chi connectivity index (χ1n) is 8.76. The topological polar surface area (TPSA) is 8.17 Å². The van der Waals surface area contributed by atoms with Gasteiger partial charge in [-0.1, -0.05) is 30.3 Å². The molecular weight excluding hydrogens is 299 g/mol. The third kappa shape index (κ3) is 2.04. The molecule has 2 aliphatic heterocycles. The summed E-state index contributed by atoms with van der Waals surface area (Å²) in [5.41, 5.74) is 7.15. The quantitative estimate of drug-likeness (QED) is 0.655. The molecule has 0 spiro atoms. The molecule has 0 saturated carbocycles. The van der Waals surface area contributed by atoms with Crippen LogP contribution in [0.5, 0.6) is 0 Å². The van der Waals surface area contributed by atoms with Crippen LogP contribution in [0.1, 0.15) is 28.3 Å². The van der Waals surface area contributed by atoms with Gasteiger partial charge >= 0.3 is 0 Å². The van der Waals surface area contributed by atoms with Crippen LogP contribution in [0.4, 0.5) is 4.39 Å². The summed E-state index contributed by atoms with van der Waals surface area (Å²) in [7, 11) is 2.21. The Labute approximate surface area is 141 Å². The molecule has 0 aliphatic carbocycles. The van der Waals surface area contributed by atoms with Crippen LogP contribution < -0.4 is 0 Å². The Kier molecular flexibility index (Phi) is 3.07. The van der Waals surface area contributed by atoms with Gasteiger partial charge in [0.15, 0.2) is 0 Å². The molecule has 0 N–H and O–H groups in total. The van der Waals surface area contributed by atoms with Gasteiger partial charge in [-0.25, -0.2) is 4.39 Å². The molecule has 5 rings (SSSR count). The maximum Gasteiger partial charge on any atom is 0.123 e. The van der Waals surface area contributed by atoms with Gasteiger partial charge in [0.1, 0.15) is 5.82 Å². The molecule has 0 radical (unpaired) electrons. The second-order valence-electron chi connectivity index (χ2n) is 7.29. The predicted octanol–water partition coefficient (Wildman–Crippen LogP) is 4.11. The van der Waals surface area contributed by atoms with E-state index in [9.17, 15) is 4.39 Å². The molecule has 0 fully saturated rings. The van der Waals surface area contributed by atoms with Crippen molar-refractivity contribution in [2.75, 3.05) is 13.6 Å². The summed E-state index contributed by atoms with van der Waals surface area (Å²) in [4.78, 5) is 2.41. The standard InChI is InChI=1S/C21H21FN2/c1-23-10-9-20-19(13-23)18-4-2-3-15-11-16(12-24(20)21(15)18)14-5-7-17(22)8-6-14/h2-8,16H,9-13H2,1H3. The van der Waals surface area contributed by atoms with Gasteiger partial charge in [-0.05, 0) is 42.3 Å². The molecule has 24 heavy (non-hydrogen) atoms. The highest BCUT2D eigenvalue weighted by Gasteiger charge is 2.29. The first-order valence-corrected chi connectivity index (χ1v) is 8.76. The van der Waals surface area contributed by atoms with Crippen LogP contribution in [0.15, 0.2) is 42.5 Å². The van der Waals surface area contributed by atoms with Crippen LogP contribution in [-0.2, 0) is 25.9 Å². The lowest BCUT2D eigenvalue weighted by atomic mass is 9.88. The fourth-order valence-corrected chi connectivity index (χ4v) is 4.59. The zero-order chi connectivity index (χ0) is 16.3. The van der Waals surface area contributed by atoms with Gasteiger partial charge in [-0.15, -0.1) is 0 Å². The molecular formula is C21H21FN2. The molecule has 0 amide bonds. The van der Waals surface area contributed by atoms with Gasteiger partial charge in [-0.3, -0.25) is 0 Å². The van der Waals surface area contributed by atoms with E-state index in [0.29, 0.717) is 5.92 Å². The molecule has 1 atom stereocenters. The van der Waals surface area contributed by atoms with Crippen LogP contribution in [0.2, 0.25) is 0 Å². The SMILES string of the molecule is CN1CCc2c(c3cccc4c3n2CC(c2ccc(F)cc2)C4)C1. The van der Waals surface area contributed by atoms with Crippen molar-refractivity contribution in [2.24, 2.45) is 0 Å². The minimum absolute atomic E-state index is 0.154. The van der Waals surface area contributed by atoms with Crippen molar-refractivity contribution in [2.45, 2.75) is 31.8 Å². The van der Waals surface area contributed by atoms with Crippen LogP contribution in [0.25, 0.3) is 10.9 Å². The molecule has 1 unspecified atom stereocenters. The molecule has 2 aromatic carbocycles. The molecule has 3 heterocycles. The van der Waals surface area contributed by atoms with Gasteiger partial charge in [-0.2, -0.15) is 0 Å². The van der Waals surface area contributed by atoms with Crippen molar-refractivity contribution in [3.63, 3.8) is 0 Å². The molecule has 0 bridgehead atoms. The van der Waals surface area contributed by atoms with Gasteiger partial charge in [0.2, 0.25) is 0 Å². The number of aromatic nitrogens is 1. The average Bonchev–Trinajstić information content (AvgIpc) is 2.91. The fraction of sp³-hybridized carbons (Fsp3) is 0.333. The highest BCUT2D eigenvalue weighted by atomic mass is 19.1. The van der Waals surface area contributed by atoms with E-state index in [1.165, 1.54) is 33.3 Å². The second kappa shape index (κ2) is 5.18. The maximum atomic E-state index is 13.3. The highest BCUT2D eigenvalue weighted by molar-refractivity contribution is 5.89. The van der Waals surface area contributed by atoms with Crippen molar-refractivity contribution >= 4 is 10.9 Å². The van der Waals surface area contributed by atoms with Crippen molar-refractivity contribution in [1.82, 2.24) is 9.47 Å². The van der Waals surface area contributed by atoms with E-state index >= 15 is 0 Å². The van der Waals surface area contributed by atoms with Crippen molar-refractivity contribution in [3.8, 4) is 0 Å².